The molecule has 24 heavy (non-hydrogen) atoms. The van der Waals surface area contributed by atoms with Crippen LogP contribution in [-0.2, 0) is 16.1 Å². The molecule has 0 aliphatic carbocycles. The molecule has 1 saturated heterocycles. The number of imide groups is 1. The summed E-state index contributed by atoms with van der Waals surface area (Å²) in [5.41, 5.74) is 0.645. The van der Waals surface area contributed by atoms with Gasteiger partial charge in [0.25, 0.3) is 5.24 Å². The summed E-state index contributed by atoms with van der Waals surface area (Å²) in [5.74, 6) is -1.17. The highest BCUT2D eigenvalue weighted by Crippen LogP contribution is 2.30. The standard InChI is InChI=1S/C15H12FN3O3S2/c16-10-3-1-9(2-4-10)8-19-13(21)11(24-15(19)22)7-12(20)18-14-17-5-6-23-14/h1-6,11H,7-8H2,(H,17,18,20)/t11-/m0/s1. The first kappa shape index (κ1) is 16.6. The Morgan fingerprint density at radius 1 is 1.29 bits per heavy atom. The van der Waals surface area contributed by atoms with E-state index in [2.05, 4.69) is 10.3 Å². The van der Waals surface area contributed by atoms with E-state index in [0.29, 0.717) is 10.7 Å². The topological polar surface area (TPSA) is 79.4 Å². The van der Waals surface area contributed by atoms with Gasteiger partial charge in [0.05, 0.1) is 6.54 Å². The van der Waals surface area contributed by atoms with Crippen molar-refractivity contribution in [1.29, 1.82) is 0 Å². The minimum absolute atomic E-state index is 0.0650. The zero-order valence-electron chi connectivity index (χ0n) is 12.3. The molecule has 9 heteroatoms. The lowest BCUT2D eigenvalue weighted by Crippen LogP contribution is -2.32. The van der Waals surface area contributed by atoms with Crippen LogP contribution in [0.3, 0.4) is 0 Å². The zero-order chi connectivity index (χ0) is 17.1. The minimum Gasteiger partial charge on any atom is -0.302 e. The van der Waals surface area contributed by atoms with Crippen LogP contribution in [0.15, 0.2) is 35.8 Å². The number of thioether (sulfide) groups is 1. The van der Waals surface area contributed by atoms with Crippen LogP contribution >= 0.6 is 23.1 Å². The van der Waals surface area contributed by atoms with E-state index in [-0.39, 0.29) is 24.7 Å². The minimum atomic E-state index is -0.752. The Bertz CT molecular complexity index is 765. The van der Waals surface area contributed by atoms with Crippen molar-refractivity contribution < 1.29 is 18.8 Å². The molecular weight excluding hydrogens is 353 g/mol. The number of hydrogen-bond acceptors (Lipinski definition) is 6. The Labute approximate surface area is 145 Å². The summed E-state index contributed by atoms with van der Waals surface area (Å²) in [6.07, 6.45) is 1.46. The maximum Gasteiger partial charge on any atom is 0.289 e. The van der Waals surface area contributed by atoms with Crippen LogP contribution in [0.5, 0.6) is 0 Å². The number of amides is 3. The smallest absolute Gasteiger partial charge is 0.289 e. The molecule has 0 bridgehead atoms. The second-order valence-electron chi connectivity index (χ2n) is 5.01. The van der Waals surface area contributed by atoms with Crippen LogP contribution in [0.2, 0.25) is 0 Å². The number of halogens is 1. The van der Waals surface area contributed by atoms with Crippen molar-refractivity contribution in [2.75, 3.05) is 5.32 Å². The normalized spacial score (nSPS) is 17.4. The van der Waals surface area contributed by atoms with Crippen molar-refractivity contribution in [2.24, 2.45) is 0 Å². The second-order valence-corrected chi connectivity index (χ2v) is 7.06. The first-order valence-electron chi connectivity index (χ1n) is 6.98. The van der Waals surface area contributed by atoms with Gasteiger partial charge in [0.15, 0.2) is 5.13 Å². The summed E-state index contributed by atoms with van der Waals surface area (Å²) >= 11 is 2.10. The van der Waals surface area contributed by atoms with E-state index in [1.807, 2.05) is 0 Å². The Hall–Kier alpha value is -2.26. The van der Waals surface area contributed by atoms with Gasteiger partial charge in [-0.2, -0.15) is 0 Å². The fourth-order valence-corrected chi connectivity index (χ4v) is 3.70. The van der Waals surface area contributed by atoms with Crippen LogP contribution in [0.4, 0.5) is 14.3 Å². The van der Waals surface area contributed by atoms with Gasteiger partial charge in [-0.15, -0.1) is 11.3 Å². The van der Waals surface area contributed by atoms with Gasteiger partial charge in [-0.05, 0) is 17.7 Å². The zero-order valence-corrected chi connectivity index (χ0v) is 13.9. The molecule has 0 radical (unpaired) electrons. The summed E-state index contributed by atoms with van der Waals surface area (Å²) < 4.78 is 12.9. The summed E-state index contributed by atoms with van der Waals surface area (Å²) in [6, 6.07) is 5.57. The summed E-state index contributed by atoms with van der Waals surface area (Å²) in [7, 11) is 0. The largest absolute Gasteiger partial charge is 0.302 e. The van der Waals surface area contributed by atoms with Gasteiger partial charge in [-0.25, -0.2) is 9.37 Å². The maximum absolute atomic E-state index is 12.9. The Kier molecular flexibility index (Phi) is 4.91. The Balaban J connectivity index is 1.61. The number of carbonyl (C=O) groups is 3. The van der Waals surface area contributed by atoms with E-state index in [9.17, 15) is 18.8 Å². The molecule has 1 aromatic heterocycles. The van der Waals surface area contributed by atoms with Crippen LogP contribution in [-0.4, -0.2) is 32.2 Å². The predicted octanol–water partition coefficient (Wildman–Crippen LogP) is 2.88. The molecule has 1 aromatic carbocycles. The van der Waals surface area contributed by atoms with E-state index in [4.69, 9.17) is 0 Å². The summed E-state index contributed by atoms with van der Waals surface area (Å²) in [5, 5.41) is 3.60. The number of rotatable bonds is 5. The highest BCUT2D eigenvalue weighted by atomic mass is 32.2. The lowest BCUT2D eigenvalue weighted by molar-refractivity contribution is -0.129. The van der Waals surface area contributed by atoms with Crippen molar-refractivity contribution in [2.45, 2.75) is 18.2 Å². The number of anilines is 1. The van der Waals surface area contributed by atoms with Gasteiger partial charge < -0.3 is 5.32 Å². The molecule has 0 saturated carbocycles. The summed E-state index contributed by atoms with van der Waals surface area (Å²) in [4.78, 5) is 41.3. The number of carbonyl (C=O) groups excluding carboxylic acids is 3. The van der Waals surface area contributed by atoms with Gasteiger partial charge in [0.1, 0.15) is 11.1 Å². The van der Waals surface area contributed by atoms with Crippen molar-refractivity contribution >= 4 is 45.3 Å². The Morgan fingerprint density at radius 2 is 2.04 bits per heavy atom. The van der Waals surface area contributed by atoms with E-state index >= 15 is 0 Å². The quantitative estimate of drug-likeness (QED) is 0.881. The van der Waals surface area contributed by atoms with E-state index in [1.165, 1.54) is 35.6 Å². The molecule has 2 heterocycles. The van der Waals surface area contributed by atoms with Crippen molar-refractivity contribution in [3.05, 3.63) is 47.2 Å². The molecule has 1 aliphatic heterocycles. The van der Waals surface area contributed by atoms with Gasteiger partial charge >= 0.3 is 0 Å². The fraction of sp³-hybridized carbons (Fsp3) is 0.200. The molecule has 6 nitrogen and oxygen atoms in total. The van der Waals surface area contributed by atoms with Gasteiger partial charge in [-0.1, -0.05) is 23.9 Å². The average molecular weight is 365 g/mol. The third-order valence-electron chi connectivity index (χ3n) is 3.31. The van der Waals surface area contributed by atoms with Crippen LogP contribution < -0.4 is 5.32 Å². The van der Waals surface area contributed by atoms with Crippen molar-refractivity contribution in [1.82, 2.24) is 9.88 Å². The number of hydrogen-bond donors (Lipinski definition) is 1. The highest BCUT2D eigenvalue weighted by molar-refractivity contribution is 8.15. The van der Waals surface area contributed by atoms with Crippen LogP contribution in [0.1, 0.15) is 12.0 Å². The number of aromatic nitrogens is 1. The van der Waals surface area contributed by atoms with E-state index in [1.54, 1.807) is 11.6 Å². The second kappa shape index (κ2) is 7.10. The van der Waals surface area contributed by atoms with Crippen molar-refractivity contribution in [3.63, 3.8) is 0 Å². The van der Waals surface area contributed by atoms with Crippen LogP contribution in [0, 0.1) is 5.82 Å². The van der Waals surface area contributed by atoms with E-state index < -0.39 is 16.4 Å². The average Bonchev–Trinajstić information content (AvgIpc) is 3.13. The van der Waals surface area contributed by atoms with Crippen LogP contribution in [0.25, 0.3) is 0 Å². The first-order valence-corrected chi connectivity index (χ1v) is 8.74. The molecule has 124 valence electrons. The molecule has 1 aliphatic rings. The fourth-order valence-electron chi connectivity index (χ4n) is 2.17. The number of nitrogens with zero attached hydrogens (tertiary/aromatic N) is 2. The molecule has 1 N–H and O–H groups in total. The predicted molar refractivity (Wildman–Crippen MR) is 89.1 cm³/mol. The molecule has 1 atom stereocenters. The monoisotopic (exact) mass is 365 g/mol. The molecule has 3 rings (SSSR count). The number of thiazole rings is 1. The molecule has 0 spiro atoms. The molecule has 2 aromatic rings. The number of benzene rings is 1. The third-order valence-corrected chi connectivity index (χ3v) is 5.07. The first-order chi connectivity index (χ1) is 11.5. The summed E-state index contributed by atoms with van der Waals surface area (Å²) in [6.45, 7) is 0.0650. The lowest BCUT2D eigenvalue weighted by Gasteiger charge is -2.13. The van der Waals surface area contributed by atoms with E-state index in [0.717, 1.165) is 16.7 Å². The molecule has 3 amide bonds. The highest BCUT2D eigenvalue weighted by Gasteiger charge is 2.40. The maximum atomic E-state index is 12.9. The third kappa shape index (κ3) is 3.80. The van der Waals surface area contributed by atoms with Gasteiger partial charge in [-0.3, -0.25) is 19.3 Å². The molecular formula is C15H12FN3O3S2. The SMILES string of the molecule is O=C(C[C@@H]1SC(=O)N(Cc2ccc(F)cc2)C1=O)Nc1nccs1. The molecule has 1 fully saturated rings. The Morgan fingerprint density at radius 3 is 2.71 bits per heavy atom. The van der Waals surface area contributed by atoms with Gasteiger partial charge in [0.2, 0.25) is 11.8 Å². The lowest BCUT2D eigenvalue weighted by atomic mass is 10.2. The molecule has 0 unspecified atom stereocenters. The van der Waals surface area contributed by atoms with Crippen molar-refractivity contribution in [3.8, 4) is 0 Å². The number of nitrogens with one attached hydrogen (secondary N) is 1. The van der Waals surface area contributed by atoms with Gasteiger partial charge in [0, 0.05) is 18.0 Å².